The van der Waals surface area contributed by atoms with Crippen molar-refractivity contribution in [3.05, 3.63) is 11.1 Å². The summed E-state index contributed by atoms with van der Waals surface area (Å²) < 4.78 is 0.931. The molecule has 0 bridgehead atoms. The Balaban J connectivity index is 1.88. The van der Waals surface area contributed by atoms with Gasteiger partial charge in [0.25, 0.3) is 0 Å². The molecule has 1 rings (SSSR count). The van der Waals surface area contributed by atoms with Crippen molar-refractivity contribution in [2.24, 2.45) is 5.92 Å². The van der Waals surface area contributed by atoms with Gasteiger partial charge in [-0.05, 0) is 12.8 Å². The fraction of sp³-hybridized carbons (Fsp3) is 0.667. The number of hydrogen-bond donors (Lipinski definition) is 2. The SMILES string of the molecule is C=C(Br)CNCCNC(=O)C1CC1. The zero-order chi connectivity index (χ0) is 9.68. The summed E-state index contributed by atoms with van der Waals surface area (Å²) in [6.45, 7) is 5.94. The van der Waals surface area contributed by atoms with Crippen LogP contribution < -0.4 is 10.6 Å². The fourth-order valence-corrected chi connectivity index (χ4v) is 1.19. The van der Waals surface area contributed by atoms with Gasteiger partial charge in [0, 0.05) is 30.0 Å². The lowest BCUT2D eigenvalue weighted by molar-refractivity contribution is -0.122. The number of halogens is 1. The third-order valence-corrected chi connectivity index (χ3v) is 2.15. The van der Waals surface area contributed by atoms with Crippen LogP contribution in [0.1, 0.15) is 12.8 Å². The molecule has 0 aliphatic heterocycles. The Hall–Kier alpha value is -0.350. The molecule has 0 aromatic rings. The quantitative estimate of drug-likeness (QED) is 0.688. The molecule has 1 saturated carbocycles. The predicted octanol–water partition coefficient (Wildman–Crippen LogP) is 1.01. The lowest BCUT2D eigenvalue weighted by atomic mass is 10.4. The van der Waals surface area contributed by atoms with Crippen molar-refractivity contribution >= 4 is 21.8 Å². The maximum Gasteiger partial charge on any atom is 0.223 e. The summed E-state index contributed by atoms with van der Waals surface area (Å²) in [4.78, 5) is 11.1. The first-order valence-electron chi connectivity index (χ1n) is 4.52. The molecule has 0 atom stereocenters. The maximum atomic E-state index is 11.1. The minimum Gasteiger partial charge on any atom is -0.355 e. The highest BCUT2D eigenvalue weighted by Crippen LogP contribution is 2.28. The zero-order valence-corrected chi connectivity index (χ0v) is 9.19. The van der Waals surface area contributed by atoms with Gasteiger partial charge in [-0.25, -0.2) is 0 Å². The van der Waals surface area contributed by atoms with Crippen molar-refractivity contribution in [2.45, 2.75) is 12.8 Å². The van der Waals surface area contributed by atoms with Gasteiger partial charge in [-0.15, -0.1) is 0 Å². The lowest BCUT2D eigenvalue weighted by Gasteiger charge is -2.04. The maximum absolute atomic E-state index is 11.1. The molecule has 0 saturated heterocycles. The van der Waals surface area contributed by atoms with E-state index in [9.17, 15) is 4.79 Å². The molecule has 3 nitrogen and oxygen atoms in total. The second kappa shape index (κ2) is 5.40. The molecule has 1 aliphatic rings. The normalized spacial score (nSPS) is 15.5. The standard InChI is InChI=1S/C9H15BrN2O/c1-7(10)6-11-4-5-12-9(13)8-2-3-8/h8,11H,1-6H2,(H,12,13). The van der Waals surface area contributed by atoms with Crippen LogP contribution >= 0.6 is 15.9 Å². The van der Waals surface area contributed by atoms with Crippen LogP contribution in [-0.2, 0) is 4.79 Å². The molecule has 0 unspecified atom stereocenters. The largest absolute Gasteiger partial charge is 0.355 e. The van der Waals surface area contributed by atoms with Gasteiger partial charge < -0.3 is 10.6 Å². The summed E-state index contributed by atoms with van der Waals surface area (Å²) in [5.74, 6) is 0.519. The van der Waals surface area contributed by atoms with Crippen LogP contribution in [0.3, 0.4) is 0 Å². The summed E-state index contributed by atoms with van der Waals surface area (Å²) in [5.41, 5.74) is 0. The minimum absolute atomic E-state index is 0.208. The first-order valence-corrected chi connectivity index (χ1v) is 5.31. The van der Waals surface area contributed by atoms with Crippen molar-refractivity contribution in [2.75, 3.05) is 19.6 Å². The topological polar surface area (TPSA) is 41.1 Å². The van der Waals surface area contributed by atoms with Gasteiger partial charge >= 0.3 is 0 Å². The van der Waals surface area contributed by atoms with Crippen molar-refractivity contribution in [1.82, 2.24) is 10.6 Å². The predicted molar refractivity (Wildman–Crippen MR) is 56.7 cm³/mol. The number of rotatable bonds is 6. The number of amides is 1. The third kappa shape index (κ3) is 5.05. The zero-order valence-electron chi connectivity index (χ0n) is 7.61. The molecule has 1 aliphatic carbocycles. The molecule has 13 heavy (non-hydrogen) atoms. The lowest BCUT2D eigenvalue weighted by Crippen LogP contribution is -2.32. The number of hydrogen-bond acceptors (Lipinski definition) is 2. The van der Waals surface area contributed by atoms with Gasteiger partial charge in [0.2, 0.25) is 5.91 Å². The van der Waals surface area contributed by atoms with E-state index >= 15 is 0 Å². The van der Waals surface area contributed by atoms with E-state index in [1.165, 1.54) is 0 Å². The van der Waals surface area contributed by atoms with Gasteiger partial charge in [0.05, 0.1) is 0 Å². The van der Waals surface area contributed by atoms with Crippen LogP contribution in [0.25, 0.3) is 0 Å². The van der Waals surface area contributed by atoms with E-state index in [0.717, 1.165) is 30.4 Å². The average molecular weight is 247 g/mol. The smallest absolute Gasteiger partial charge is 0.223 e. The second-order valence-electron chi connectivity index (χ2n) is 3.26. The van der Waals surface area contributed by atoms with E-state index in [2.05, 4.69) is 33.1 Å². The van der Waals surface area contributed by atoms with Crippen LogP contribution in [0.5, 0.6) is 0 Å². The Kier molecular flexibility index (Phi) is 4.45. The first kappa shape index (κ1) is 10.7. The highest BCUT2D eigenvalue weighted by Gasteiger charge is 2.28. The number of carbonyl (C=O) groups excluding carboxylic acids is 1. The van der Waals surface area contributed by atoms with E-state index in [4.69, 9.17) is 0 Å². The molecule has 0 aromatic carbocycles. The summed E-state index contributed by atoms with van der Waals surface area (Å²) in [6.07, 6.45) is 2.13. The molecule has 1 fully saturated rings. The van der Waals surface area contributed by atoms with Crippen LogP contribution in [-0.4, -0.2) is 25.5 Å². The summed E-state index contributed by atoms with van der Waals surface area (Å²) in [6, 6.07) is 0. The van der Waals surface area contributed by atoms with Crippen molar-refractivity contribution in [1.29, 1.82) is 0 Å². The first-order chi connectivity index (χ1) is 6.20. The number of nitrogens with one attached hydrogen (secondary N) is 2. The Morgan fingerprint density at radius 3 is 2.69 bits per heavy atom. The molecule has 4 heteroatoms. The molecule has 74 valence electrons. The molecule has 0 aromatic heterocycles. The van der Waals surface area contributed by atoms with Gasteiger partial charge in [-0.3, -0.25) is 4.79 Å². The minimum atomic E-state index is 0.208. The van der Waals surface area contributed by atoms with Gasteiger partial charge in [0.15, 0.2) is 0 Å². The molecule has 0 heterocycles. The second-order valence-corrected chi connectivity index (χ2v) is 4.38. The fourth-order valence-electron chi connectivity index (χ4n) is 0.988. The highest BCUT2D eigenvalue weighted by atomic mass is 79.9. The summed E-state index contributed by atoms with van der Waals surface area (Å²) >= 11 is 3.24. The average Bonchev–Trinajstić information content (AvgIpc) is 2.85. The number of carbonyl (C=O) groups is 1. The van der Waals surface area contributed by atoms with E-state index < -0.39 is 0 Å². The molecule has 2 N–H and O–H groups in total. The van der Waals surface area contributed by atoms with Crippen molar-refractivity contribution in [3.63, 3.8) is 0 Å². The summed E-state index contributed by atoms with van der Waals surface area (Å²) in [7, 11) is 0. The molecular weight excluding hydrogens is 232 g/mol. The summed E-state index contributed by atoms with van der Waals surface area (Å²) in [5, 5.41) is 6.01. The van der Waals surface area contributed by atoms with Gasteiger partial charge in [-0.1, -0.05) is 22.5 Å². The van der Waals surface area contributed by atoms with E-state index in [0.29, 0.717) is 12.5 Å². The molecule has 0 radical (unpaired) electrons. The molecule has 0 spiro atoms. The Morgan fingerprint density at radius 1 is 1.46 bits per heavy atom. The molecule has 1 amide bonds. The van der Waals surface area contributed by atoms with E-state index in [1.54, 1.807) is 0 Å². The Morgan fingerprint density at radius 2 is 2.15 bits per heavy atom. The van der Waals surface area contributed by atoms with E-state index in [1.807, 2.05) is 0 Å². The van der Waals surface area contributed by atoms with Crippen molar-refractivity contribution in [3.8, 4) is 0 Å². The van der Waals surface area contributed by atoms with Crippen LogP contribution in [0.15, 0.2) is 11.1 Å². The van der Waals surface area contributed by atoms with Crippen LogP contribution in [0.4, 0.5) is 0 Å². The van der Waals surface area contributed by atoms with Gasteiger partial charge in [-0.2, -0.15) is 0 Å². The highest BCUT2D eigenvalue weighted by molar-refractivity contribution is 9.11. The van der Waals surface area contributed by atoms with Crippen LogP contribution in [0, 0.1) is 5.92 Å². The third-order valence-electron chi connectivity index (χ3n) is 1.87. The Bertz CT molecular complexity index is 202. The van der Waals surface area contributed by atoms with E-state index in [-0.39, 0.29) is 5.91 Å². The van der Waals surface area contributed by atoms with Crippen molar-refractivity contribution < 1.29 is 4.79 Å². The molecular formula is C9H15BrN2O. The monoisotopic (exact) mass is 246 g/mol. The van der Waals surface area contributed by atoms with Gasteiger partial charge in [0.1, 0.15) is 0 Å². The van der Waals surface area contributed by atoms with Crippen LogP contribution in [0.2, 0.25) is 0 Å². The Labute approximate surface area is 87.1 Å².